The van der Waals surface area contributed by atoms with Crippen LogP contribution in [0.25, 0.3) is 32.9 Å². The molecule has 1 aliphatic heterocycles. The Morgan fingerprint density at radius 1 is 0.939 bits per heavy atom. The summed E-state index contributed by atoms with van der Waals surface area (Å²) in [5.74, 6) is -0.427. The Morgan fingerprint density at radius 2 is 1.79 bits per heavy atom. The first-order valence-electron chi connectivity index (χ1n) is 10.6. The number of benzene rings is 3. The lowest BCUT2D eigenvalue weighted by Crippen LogP contribution is -2.15. The average molecular weight is 451 g/mol. The monoisotopic (exact) mass is 450 g/mol. The molecule has 6 rings (SSSR count). The van der Waals surface area contributed by atoms with E-state index in [1.165, 1.54) is 6.07 Å². The van der Waals surface area contributed by atoms with E-state index >= 15 is 0 Å². The third-order valence-corrected chi connectivity index (χ3v) is 6.46. The predicted octanol–water partition coefficient (Wildman–Crippen LogP) is 6.81. The van der Waals surface area contributed by atoms with Gasteiger partial charge in [-0.25, -0.2) is 4.39 Å². The zero-order chi connectivity index (χ0) is 22.5. The van der Waals surface area contributed by atoms with Gasteiger partial charge < -0.3 is 4.90 Å². The third-order valence-electron chi connectivity index (χ3n) is 6.17. The van der Waals surface area contributed by atoms with Crippen molar-refractivity contribution in [2.75, 3.05) is 11.4 Å². The van der Waals surface area contributed by atoms with E-state index in [4.69, 9.17) is 11.6 Å². The topological polar surface area (TPSA) is 52.8 Å². The molecule has 0 bridgehead atoms. The van der Waals surface area contributed by atoms with Gasteiger partial charge in [-0.05, 0) is 53.9 Å². The molecule has 5 aromatic rings. The Bertz CT molecular complexity index is 1620. The summed E-state index contributed by atoms with van der Waals surface area (Å²) in [6.07, 6.45) is 4.13. The fourth-order valence-corrected chi connectivity index (χ4v) is 4.73. The molecule has 3 heterocycles. The number of nitrogens with zero attached hydrogens (tertiary/aromatic N) is 4. The lowest BCUT2D eigenvalue weighted by atomic mass is 10.0. The summed E-state index contributed by atoms with van der Waals surface area (Å²) in [7, 11) is 0. The highest BCUT2D eigenvalue weighted by Gasteiger charge is 2.26. The van der Waals surface area contributed by atoms with Gasteiger partial charge in [0, 0.05) is 41.0 Å². The smallest absolute Gasteiger partial charge is 0.142 e. The highest BCUT2D eigenvalue weighted by Crippen LogP contribution is 2.42. The fourth-order valence-electron chi connectivity index (χ4n) is 4.57. The lowest BCUT2D eigenvalue weighted by molar-refractivity contribution is 0.627. The predicted molar refractivity (Wildman–Crippen MR) is 129 cm³/mol. The maximum Gasteiger partial charge on any atom is 0.142 e. The van der Waals surface area contributed by atoms with Crippen LogP contribution in [0.15, 0.2) is 73.1 Å². The number of hydrogen-bond acceptors (Lipinski definition) is 4. The average Bonchev–Trinajstić information content (AvgIpc) is 3.24. The van der Waals surface area contributed by atoms with Crippen LogP contribution in [0.1, 0.15) is 11.1 Å². The van der Waals surface area contributed by atoms with E-state index in [-0.39, 0.29) is 5.02 Å². The Kier molecular flexibility index (Phi) is 4.49. The van der Waals surface area contributed by atoms with E-state index in [0.29, 0.717) is 18.5 Å². The SMILES string of the molecule is N#Cc1cnc2ccc(-c3cnc4ccccc4c3)cc2c1N1CCc2cc(F)c(Cl)cc21. The van der Waals surface area contributed by atoms with Crippen molar-refractivity contribution >= 4 is 44.8 Å². The molecule has 0 N–H and O–H groups in total. The molecule has 0 amide bonds. The first-order chi connectivity index (χ1) is 16.1. The second-order valence-electron chi connectivity index (χ2n) is 8.08. The standard InChI is InChI=1S/C27H16ClFN4/c28-22-12-26-18(11-23(22)29)7-8-33(26)27-20(13-30)15-32-25-6-5-16(10-21(25)27)19-9-17-3-1-2-4-24(17)31-14-19/h1-6,9-12,14-15H,7-8H2. The molecule has 0 radical (unpaired) electrons. The number of rotatable bonds is 2. The molecule has 3 aromatic carbocycles. The minimum atomic E-state index is -0.427. The van der Waals surface area contributed by atoms with Crippen LogP contribution in [-0.4, -0.2) is 16.5 Å². The molecule has 0 spiro atoms. The zero-order valence-electron chi connectivity index (χ0n) is 17.4. The summed E-state index contributed by atoms with van der Waals surface area (Å²) in [5.41, 5.74) is 6.61. The highest BCUT2D eigenvalue weighted by atomic mass is 35.5. The Balaban J connectivity index is 1.56. The Labute approximate surface area is 194 Å². The molecule has 6 heteroatoms. The van der Waals surface area contributed by atoms with Crippen LogP contribution in [0.2, 0.25) is 5.02 Å². The normalized spacial score (nSPS) is 12.8. The zero-order valence-corrected chi connectivity index (χ0v) is 18.1. The van der Waals surface area contributed by atoms with Crippen LogP contribution in [0.4, 0.5) is 15.8 Å². The molecule has 0 atom stereocenters. The van der Waals surface area contributed by atoms with Crippen molar-refractivity contribution in [3.05, 3.63) is 95.0 Å². The summed E-state index contributed by atoms with van der Waals surface area (Å²) < 4.78 is 14.0. The second-order valence-corrected chi connectivity index (χ2v) is 8.48. The van der Waals surface area contributed by atoms with Gasteiger partial charge in [0.2, 0.25) is 0 Å². The minimum Gasteiger partial charge on any atom is -0.339 e. The summed E-state index contributed by atoms with van der Waals surface area (Å²) in [5, 5.41) is 11.9. The summed E-state index contributed by atoms with van der Waals surface area (Å²) in [4.78, 5) is 11.1. The van der Waals surface area contributed by atoms with Gasteiger partial charge in [0.15, 0.2) is 0 Å². The summed E-state index contributed by atoms with van der Waals surface area (Å²) in [6.45, 7) is 0.630. The van der Waals surface area contributed by atoms with Crippen molar-refractivity contribution in [2.45, 2.75) is 6.42 Å². The van der Waals surface area contributed by atoms with E-state index in [1.807, 2.05) is 53.6 Å². The molecule has 2 aromatic heterocycles. The van der Waals surface area contributed by atoms with Crippen molar-refractivity contribution in [1.82, 2.24) is 9.97 Å². The molecule has 4 nitrogen and oxygen atoms in total. The van der Waals surface area contributed by atoms with Gasteiger partial charge in [-0.3, -0.25) is 9.97 Å². The van der Waals surface area contributed by atoms with Gasteiger partial charge in [-0.1, -0.05) is 35.9 Å². The highest BCUT2D eigenvalue weighted by molar-refractivity contribution is 6.31. The Morgan fingerprint density at radius 3 is 2.67 bits per heavy atom. The molecule has 0 aliphatic carbocycles. The van der Waals surface area contributed by atoms with Gasteiger partial charge in [0.25, 0.3) is 0 Å². The van der Waals surface area contributed by atoms with E-state index in [2.05, 4.69) is 22.1 Å². The molecule has 0 unspecified atom stereocenters. The molecule has 0 saturated carbocycles. The van der Waals surface area contributed by atoms with E-state index < -0.39 is 5.82 Å². The first-order valence-corrected chi connectivity index (χ1v) is 10.9. The maximum atomic E-state index is 14.0. The van der Waals surface area contributed by atoms with Crippen molar-refractivity contribution < 1.29 is 4.39 Å². The third kappa shape index (κ3) is 3.19. The number of anilines is 2. The van der Waals surface area contributed by atoms with E-state index in [0.717, 1.165) is 49.9 Å². The lowest BCUT2D eigenvalue weighted by Gasteiger charge is -2.23. The number of fused-ring (bicyclic) bond motifs is 3. The number of aromatic nitrogens is 2. The second kappa shape index (κ2) is 7.54. The number of nitriles is 1. The maximum absolute atomic E-state index is 14.0. The van der Waals surface area contributed by atoms with Gasteiger partial charge in [-0.2, -0.15) is 5.26 Å². The van der Waals surface area contributed by atoms with Crippen molar-refractivity contribution in [3.8, 4) is 17.2 Å². The summed E-state index contributed by atoms with van der Waals surface area (Å²) >= 11 is 6.10. The number of hydrogen-bond donors (Lipinski definition) is 0. The number of para-hydroxylation sites is 1. The fraction of sp³-hybridized carbons (Fsp3) is 0.0741. The van der Waals surface area contributed by atoms with Crippen LogP contribution >= 0.6 is 11.6 Å². The van der Waals surface area contributed by atoms with E-state index in [1.54, 1.807) is 12.3 Å². The first kappa shape index (κ1) is 19.7. The molecule has 158 valence electrons. The van der Waals surface area contributed by atoms with Crippen LogP contribution in [0.3, 0.4) is 0 Å². The minimum absolute atomic E-state index is 0.0699. The van der Waals surface area contributed by atoms with Crippen LogP contribution in [0, 0.1) is 17.1 Å². The van der Waals surface area contributed by atoms with Crippen LogP contribution < -0.4 is 4.90 Å². The van der Waals surface area contributed by atoms with Gasteiger partial charge in [0.1, 0.15) is 11.9 Å². The van der Waals surface area contributed by atoms with Gasteiger partial charge >= 0.3 is 0 Å². The molecule has 0 saturated heterocycles. The number of pyridine rings is 2. The largest absolute Gasteiger partial charge is 0.339 e. The van der Waals surface area contributed by atoms with Crippen molar-refractivity contribution in [1.29, 1.82) is 5.26 Å². The van der Waals surface area contributed by atoms with Gasteiger partial charge in [0.05, 0.1) is 27.3 Å². The summed E-state index contributed by atoms with van der Waals surface area (Å²) in [6, 6.07) is 21.5. The molecular formula is C27H16ClFN4. The molecule has 1 aliphatic rings. The number of halogens is 2. The van der Waals surface area contributed by atoms with Crippen molar-refractivity contribution in [2.24, 2.45) is 0 Å². The molecule has 0 fully saturated rings. The van der Waals surface area contributed by atoms with Crippen LogP contribution in [-0.2, 0) is 6.42 Å². The molecular weight excluding hydrogens is 435 g/mol. The van der Waals surface area contributed by atoms with E-state index in [9.17, 15) is 9.65 Å². The molecule has 33 heavy (non-hydrogen) atoms. The van der Waals surface area contributed by atoms with Crippen LogP contribution in [0.5, 0.6) is 0 Å². The van der Waals surface area contributed by atoms with Crippen molar-refractivity contribution in [3.63, 3.8) is 0 Å². The van der Waals surface area contributed by atoms with Gasteiger partial charge in [-0.15, -0.1) is 0 Å². The Hall–Kier alpha value is -4.01. The quantitative estimate of drug-likeness (QED) is 0.296.